The van der Waals surface area contributed by atoms with Gasteiger partial charge in [0.15, 0.2) is 0 Å². The van der Waals surface area contributed by atoms with Gasteiger partial charge in [0.05, 0.1) is 17.4 Å². The molecular formula is C26H28N2O4S. The molecule has 2 amide bonds. The molecule has 5 rings (SSSR count). The van der Waals surface area contributed by atoms with Gasteiger partial charge < -0.3 is 15.7 Å². The lowest BCUT2D eigenvalue weighted by Crippen LogP contribution is -2.36. The summed E-state index contributed by atoms with van der Waals surface area (Å²) in [6, 6.07) is 7.64. The van der Waals surface area contributed by atoms with Crippen molar-refractivity contribution >= 4 is 39.8 Å². The maximum atomic E-state index is 13.4. The Bertz CT molecular complexity index is 1150. The average Bonchev–Trinajstić information content (AvgIpc) is 3.42. The van der Waals surface area contributed by atoms with Crippen LogP contribution in [0, 0.1) is 30.6 Å². The summed E-state index contributed by atoms with van der Waals surface area (Å²) in [7, 11) is 0. The Kier molecular flexibility index (Phi) is 5.83. The summed E-state index contributed by atoms with van der Waals surface area (Å²) in [5, 5.41) is 16.3. The molecule has 1 fully saturated rings. The van der Waals surface area contributed by atoms with Gasteiger partial charge in [-0.3, -0.25) is 14.4 Å². The molecule has 6 nitrogen and oxygen atoms in total. The highest BCUT2D eigenvalue weighted by atomic mass is 32.1. The zero-order chi connectivity index (χ0) is 23.1. The molecule has 1 aromatic carbocycles. The molecule has 172 valence electrons. The molecule has 3 aliphatic carbocycles. The highest BCUT2D eigenvalue weighted by Gasteiger charge is 2.51. The van der Waals surface area contributed by atoms with Gasteiger partial charge in [0.25, 0.3) is 5.91 Å². The molecule has 0 saturated heterocycles. The molecule has 0 aliphatic heterocycles. The number of amides is 2. The summed E-state index contributed by atoms with van der Waals surface area (Å²) in [6.45, 7) is 1.97. The Hall–Kier alpha value is -2.93. The number of hydrogen-bond acceptors (Lipinski definition) is 4. The monoisotopic (exact) mass is 464 g/mol. The molecule has 1 aromatic heterocycles. The summed E-state index contributed by atoms with van der Waals surface area (Å²) >= 11 is 1.48. The first-order valence-corrected chi connectivity index (χ1v) is 12.5. The molecule has 1 heterocycles. The lowest BCUT2D eigenvalue weighted by molar-refractivity contribution is -0.146. The SMILES string of the molecule is Cc1cccc(NC(=O)c2c(NC(=O)[C@@H]3[C@H](C(=O)O)[C@H]4C=C[C@H]3C4)sc3c2CCCCC3)c1. The topological polar surface area (TPSA) is 95.5 Å². The maximum Gasteiger partial charge on any atom is 0.307 e. The van der Waals surface area contributed by atoms with Crippen LogP contribution in [0.25, 0.3) is 0 Å². The lowest BCUT2D eigenvalue weighted by atomic mass is 9.82. The van der Waals surface area contributed by atoms with Crippen molar-refractivity contribution in [3.8, 4) is 0 Å². The quantitative estimate of drug-likeness (QED) is 0.427. The van der Waals surface area contributed by atoms with Crippen LogP contribution in [-0.4, -0.2) is 22.9 Å². The van der Waals surface area contributed by atoms with Crippen molar-refractivity contribution in [2.75, 3.05) is 10.6 Å². The molecule has 1 saturated carbocycles. The van der Waals surface area contributed by atoms with Crippen molar-refractivity contribution < 1.29 is 19.5 Å². The fraction of sp³-hybridized carbons (Fsp3) is 0.423. The number of fused-ring (bicyclic) bond motifs is 3. The Morgan fingerprint density at radius 2 is 1.76 bits per heavy atom. The highest BCUT2D eigenvalue weighted by Crippen LogP contribution is 2.49. The number of hydrogen-bond donors (Lipinski definition) is 3. The molecule has 3 aliphatic rings. The number of rotatable bonds is 5. The minimum atomic E-state index is -0.925. The van der Waals surface area contributed by atoms with Gasteiger partial charge in [0, 0.05) is 10.6 Å². The van der Waals surface area contributed by atoms with Crippen LogP contribution >= 0.6 is 11.3 Å². The van der Waals surface area contributed by atoms with Crippen LogP contribution < -0.4 is 10.6 Å². The van der Waals surface area contributed by atoms with E-state index in [2.05, 4.69) is 10.6 Å². The van der Waals surface area contributed by atoms with Crippen molar-refractivity contribution in [1.29, 1.82) is 0 Å². The number of carbonyl (C=O) groups is 3. The second-order valence-electron chi connectivity index (χ2n) is 9.42. The number of carboxylic acids is 1. The van der Waals surface area contributed by atoms with Crippen molar-refractivity contribution in [3.05, 3.63) is 58.0 Å². The summed E-state index contributed by atoms with van der Waals surface area (Å²) < 4.78 is 0. The normalized spacial score (nSPS) is 25.4. The summed E-state index contributed by atoms with van der Waals surface area (Å²) in [6.07, 6.45) is 9.53. The van der Waals surface area contributed by atoms with Gasteiger partial charge in [-0.1, -0.05) is 30.7 Å². The van der Waals surface area contributed by atoms with E-state index in [1.165, 1.54) is 11.3 Å². The first-order valence-electron chi connectivity index (χ1n) is 11.7. The summed E-state index contributed by atoms with van der Waals surface area (Å²) in [4.78, 5) is 39.8. The van der Waals surface area contributed by atoms with Crippen LogP contribution in [-0.2, 0) is 22.4 Å². The van der Waals surface area contributed by atoms with E-state index in [4.69, 9.17) is 0 Å². The van der Waals surface area contributed by atoms with Crippen LogP contribution in [0.3, 0.4) is 0 Å². The van der Waals surface area contributed by atoms with Crippen LogP contribution in [0.5, 0.6) is 0 Å². The van der Waals surface area contributed by atoms with Crippen LogP contribution in [0.2, 0.25) is 0 Å². The lowest BCUT2D eigenvalue weighted by Gasteiger charge is -2.23. The number of carboxylic acid groups (broad SMARTS) is 1. The predicted octanol–water partition coefficient (Wildman–Crippen LogP) is 5.04. The molecule has 2 aromatic rings. The van der Waals surface area contributed by atoms with Gasteiger partial charge in [0.1, 0.15) is 5.00 Å². The fourth-order valence-electron chi connectivity index (χ4n) is 5.70. The third-order valence-electron chi connectivity index (χ3n) is 7.21. The second kappa shape index (κ2) is 8.78. The first kappa shape index (κ1) is 21.9. The number of benzene rings is 1. The molecule has 3 N–H and O–H groups in total. The third kappa shape index (κ3) is 4.10. The standard InChI is InChI=1S/C26H28N2O4S/c1-14-6-5-7-17(12-14)27-24(30)22-18-8-3-2-4-9-19(18)33-25(22)28-23(29)20-15-10-11-16(13-15)21(20)26(31)32/h5-7,10-12,15-16,20-21H,2-4,8-9,13H2,1H3,(H,27,30)(H,28,29)(H,31,32)/t15-,16-,20-,21+/m0/s1. The Morgan fingerprint density at radius 1 is 1.00 bits per heavy atom. The number of aliphatic carboxylic acids is 1. The predicted molar refractivity (Wildman–Crippen MR) is 129 cm³/mol. The number of thiophene rings is 1. The smallest absolute Gasteiger partial charge is 0.307 e. The molecular weight excluding hydrogens is 436 g/mol. The van der Waals surface area contributed by atoms with E-state index in [-0.39, 0.29) is 23.7 Å². The summed E-state index contributed by atoms with van der Waals surface area (Å²) in [5.74, 6) is -2.90. The van der Waals surface area contributed by atoms with E-state index >= 15 is 0 Å². The number of allylic oxidation sites excluding steroid dienone is 2. The third-order valence-corrected chi connectivity index (χ3v) is 8.42. The Labute approximate surface area is 197 Å². The van der Waals surface area contributed by atoms with E-state index < -0.39 is 17.8 Å². The average molecular weight is 465 g/mol. The molecule has 7 heteroatoms. The molecule has 2 bridgehead atoms. The van der Waals surface area contributed by atoms with E-state index in [9.17, 15) is 19.5 Å². The van der Waals surface area contributed by atoms with Crippen molar-refractivity contribution in [2.45, 2.75) is 45.4 Å². The van der Waals surface area contributed by atoms with Crippen LogP contribution in [0.1, 0.15) is 52.0 Å². The fourth-order valence-corrected chi connectivity index (χ4v) is 6.99. The van der Waals surface area contributed by atoms with Crippen LogP contribution in [0.4, 0.5) is 10.7 Å². The van der Waals surface area contributed by atoms with Gasteiger partial charge in [-0.05, 0) is 74.1 Å². The zero-order valence-electron chi connectivity index (χ0n) is 18.6. The minimum Gasteiger partial charge on any atom is -0.481 e. The van der Waals surface area contributed by atoms with Gasteiger partial charge in [-0.25, -0.2) is 0 Å². The molecule has 0 radical (unpaired) electrons. The Morgan fingerprint density at radius 3 is 2.52 bits per heavy atom. The van der Waals surface area contributed by atoms with Gasteiger partial charge >= 0.3 is 5.97 Å². The van der Waals surface area contributed by atoms with E-state index in [1.807, 2.05) is 43.3 Å². The first-order chi connectivity index (χ1) is 15.9. The summed E-state index contributed by atoms with van der Waals surface area (Å²) in [5.41, 5.74) is 3.34. The van der Waals surface area contributed by atoms with Crippen molar-refractivity contribution in [2.24, 2.45) is 23.7 Å². The number of anilines is 2. The maximum absolute atomic E-state index is 13.4. The molecule has 0 unspecified atom stereocenters. The minimum absolute atomic E-state index is 0.0570. The zero-order valence-corrected chi connectivity index (χ0v) is 19.4. The van der Waals surface area contributed by atoms with E-state index in [1.54, 1.807) is 0 Å². The second-order valence-corrected chi connectivity index (χ2v) is 10.5. The van der Waals surface area contributed by atoms with Gasteiger partial charge in [-0.15, -0.1) is 11.3 Å². The van der Waals surface area contributed by atoms with Crippen molar-refractivity contribution in [3.63, 3.8) is 0 Å². The van der Waals surface area contributed by atoms with Gasteiger partial charge in [-0.2, -0.15) is 0 Å². The highest BCUT2D eigenvalue weighted by molar-refractivity contribution is 7.17. The molecule has 4 atom stereocenters. The van der Waals surface area contributed by atoms with Crippen molar-refractivity contribution in [1.82, 2.24) is 0 Å². The number of carbonyl (C=O) groups excluding carboxylic acids is 2. The number of nitrogens with one attached hydrogen (secondary N) is 2. The van der Waals surface area contributed by atoms with Crippen LogP contribution in [0.15, 0.2) is 36.4 Å². The largest absolute Gasteiger partial charge is 0.481 e. The Balaban J connectivity index is 1.46. The molecule has 0 spiro atoms. The number of aryl methyl sites for hydroxylation is 2. The van der Waals surface area contributed by atoms with E-state index in [0.717, 1.165) is 53.8 Å². The molecule has 33 heavy (non-hydrogen) atoms. The van der Waals surface area contributed by atoms with Gasteiger partial charge in [0.2, 0.25) is 5.91 Å². The van der Waals surface area contributed by atoms with E-state index in [0.29, 0.717) is 17.0 Å².